The quantitative estimate of drug-likeness (QED) is 0.0350. The van der Waals surface area contributed by atoms with Gasteiger partial charge in [0.2, 0.25) is 0 Å². The molecule has 6 N–H and O–H groups in total. The van der Waals surface area contributed by atoms with Gasteiger partial charge in [0.05, 0.1) is 34.4 Å². The molecule has 0 unspecified atom stereocenters. The molecular formula is C50H44Br2Cl2N6O10. The van der Waals surface area contributed by atoms with E-state index in [4.69, 9.17) is 42.1 Å². The summed E-state index contributed by atoms with van der Waals surface area (Å²) in [5, 5.41) is 63.9. The minimum Gasteiger partial charge on any atom is -0.488 e. The van der Waals surface area contributed by atoms with Crippen LogP contribution in [0.2, 0.25) is 10.0 Å². The lowest BCUT2D eigenvalue weighted by Crippen LogP contribution is -2.52. The summed E-state index contributed by atoms with van der Waals surface area (Å²) in [4.78, 5) is 32.0. The number of aliphatic carboxylic acids is 2. The van der Waals surface area contributed by atoms with Gasteiger partial charge in [-0.1, -0.05) is 59.6 Å². The fourth-order valence-corrected chi connectivity index (χ4v) is 8.25. The van der Waals surface area contributed by atoms with Crippen LogP contribution in [0.15, 0.2) is 107 Å². The van der Waals surface area contributed by atoms with Crippen LogP contribution in [0.1, 0.15) is 58.4 Å². The van der Waals surface area contributed by atoms with Gasteiger partial charge in [-0.2, -0.15) is 10.5 Å². The Bertz CT molecular complexity index is 2790. The van der Waals surface area contributed by atoms with Gasteiger partial charge < -0.3 is 39.4 Å². The first-order chi connectivity index (χ1) is 33.5. The van der Waals surface area contributed by atoms with Gasteiger partial charge in [0.25, 0.3) is 0 Å². The van der Waals surface area contributed by atoms with Crippen molar-refractivity contribution in [1.29, 1.82) is 10.5 Å². The number of pyridine rings is 2. The van der Waals surface area contributed by atoms with E-state index in [1.807, 2.05) is 48.5 Å². The van der Waals surface area contributed by atoms with Gasteiger partial charge in [-0.05, 0) is 81.1 Å². The number of carboxylic acid groups (broad SMARTS) is 2. The Balaban J connectivity index is 1.22. The zero-order valence-electron chi connectivity index (χ0n) is 37.4. The summed E-state index contributed by atoms with van der Waals surface area (Å²) in [7, 11) is 0. The van der Waals surface area contributed by atoms with Crippen LogP contribution in [0.3, 0.4) is 0 Å². The molecule has 4 aromatic carbocycles. The van der Waals surface area contributed by atoms with Crippen molar-refractivity contribution in [2.75, 3.05) is 13.2 Å². The molecule has 0 radical (unpaired) electrons. The number of hydrogen-bond donors (Lipinski definition) is 6. The number of benzene rings is 4. The van der Waals surface area contributed by atoms with Crippen molar-refractivity contribution >= 4 is 67.0 Å². The summed E-state index contributed by atoms with van der Waals surface area (Å²) < 4.78 is 26.4. The lowest BCUT2D eigenvalue weighted by Gasteiger charge is -2.25. The molecule has 0 saturated heterocycles. The second-order valence-corrected chi connectivity index (χ2v) is 18.6. The topological polar surface area (TPSA) is 249 Å². The highest BCUT2D eigenvalue weighted by molar-refractivity contribution is 9.11. The van der Waals surface area contributed by atoms with Gasteiger partial charge in [0.1, 0.15) is 72.6 Å². The molecule has 0 bridgehead atoms. The first-order valence-corrected chi connectivity index (χ1v) is 23.4. The molecule has 16 nitrogen and oxygen atoms in total. The molecule has 362 valence electrons. The Morgan fingerprint density at radius 1 is 0.600 bits per heavy atom. The fourth-order valence-electron chi connectivity index (χ4n) is 6.58. The highest BCUT2D eigenvalue weighted by Gasteiger charge is 2.33. The summed E-state index contributed by atoms with van der Waals surface area (Å²) in [6.07, 6.45) is 5.99. The predicted octanol–water partition coefficient (Wildman–Crippen LogP) is 8.89. The number of nitrogens with one attached hydrogen (secondary N) is 2. The molecule has 0 spiro atoms. The van der Waals surface area contributed by atoms with Crippen LogP contribution in [0.25, 0.3) is 11.1 Å². The molecule has 20 heteroatoms. The molecule has 0 amide bonds. The summed E-state index contributed by atoms with van der Waals surface area (Å²) >= 11 is 21.1. The van der Waals surface area contributed by atoms with E-state index in [2.05, 4.69) is 52.5 Å². The number of hydrogen-bond acceptors (Lipinski definition) is 14. The van der Waals surface area contributed by atoms with Gasteiger partial charge in [0, 0.05) is 92.3 Å². The van der Waals surface area contributed by atoms with E-state index < -0.39 is 36.2 Å². The first-order valence-electron chi connectivity index (χ1n) is 21.1. The number of aromatic nitrogens is 2. The van der Waals surface area contributed by atoms with Crippen LogP contribution in [0.4, 0.5) is 0 Å². The summed E-state index contributed by atoms with van der Waals surface area (Å²) in [6.45, 7) is 1.47. The minimum absolute atomic E-state index is 0.0200. The van der Waals surface area contributed by atoms with E-state index in [9.17, 15) is 40.5 Å². The van der Waals surface area contributed by atoms with E-state index in [1.54, 1.807) is 48.8 Å². The standard InChI is InChI=1S/C50H44Br2Cl2N6O10/c1-49(27-61,47(63)64)59-21-35-11-39(53)43(13-41(35)67-23-31-9-29(15-55)17-57-19-31)69-25-33-5-3-7-37(45(33)51)38-8-4-6-34(46(38)52)26-70-44-14-42(68-24-32-10-30(16-56)18-58-20-32)36(12-40(44)54)22-60-50(2,28-62)48(65)66/h3-14,17-20,59-62H,21-28H2,1-2H3,(H,63,64)(H,65,66)/t49-,50-/m0/s1. The van der Waals surface area contributed by atoms with Gasteiger partial charge in [-0.15, -0.1) is 0 Å². The molecule has 0 aliphatic carbocycles. The van der Waals surface area contributed by atoms with E-state index in [-0.39, 0.29) is 61.1 Å². The Morgan fingerprint density at radius 3 is 1.34 bits per heavy atom. The summed E-state index contributed by atoms with van der Waals surface area (Å²) in [5.74, 6) is -1.31. The lowest BCUT2D eigenvalue weighted by atomic mass is 10.0. The van der Waals surface area contributed by atoms with E-state index >= 15 is 0 Å². The first kappa shape index (κ1) is 53.0. The maximum Gasteiger partial charge on any atom is 0.326 e. The zero-order chi connectivity index (χ0) is 50.6. The van der Waals surface area contributed by atoms with Gasteiger partial charge in [0.15, 0.2) is 0 Å². The maximum atomic E-state index is 11.9. The number of halogens is 4. The lowest BCUT2D eigenvalue weighted by molar-refractivity contribution is -0.146. The molecule has 70 heavy (non-hydrogen) atoms. The summed E-state index contributed by atoms with van der Waals surface area (Å²) in [5.41, 5.74) is 2.79. The van der Waals surface area contributed by atoms with Crippen LogP contribution in [-0.4, -0.2) is 66.6 Å². The van der Waals surface area contributed by atoms with Crippen LogP contribution in [0, 0.1) is 22.7 Å². The third kappa shape index (κ3) is 13.1. The van der Waals surface area contributed by atoms with Crippen LogP contribution in [-0.2, 0) is 49.1 Å². The SMILES string of the molecule is C[C@@](CO)(NCc1cc(Cl)c(OCc2cccc(-c3cccc(COc4cc(OCc5cncc(C#N)c5)c(CN[C@@](C)(CO)C(=O)O)cc4Cl)c3Br)c2Br)cc1OCc1cncc(C#N)c1)C(=O)O. The Morgan fingerprint density at radius 2 is 0.986 bits per heavy atom. The van der Waals surface area contributed by atoms with Gasteiger partial charge in [-0.3, -0.25) is 30.2 Å². The fraction of sp³-hybridized carbons (Fsp3) is 0.240. The second-order valence-electron chi connectivity index (χ2n) is 16.2. The second kappa shape index (κ2) is 24.0. The number of nitrogens with zero attached hydrogens (tertiary/aromatic N) is 4. The number of carbonyl (C=O) groups is 2. The number of ether oxygens (including phenoxy) is 4. The zero-order valence-corrected chi connectivity index (χ0v) is 42.1. The number of aliphatic hydroxyl groups excluding tert-OH is 2. The van der Waals surface area contributed by atoms with Crippen LogP contribution < -0.4 is 29.6 Å². The highest BCUT2D eigenvalue weighted by Crippen LogP contribution is 2.40. The average Bonchev–Trinajstić information content (AvgIpc) is 3.36. The van der Waals surface area contributed by atoms with Crippen molar-refractivity contribution in [2.45, 2.75) is 64.4 Å². The van der Waals surface area contributed by atoms with Gasteiger partial charge >= 0.3 is 11.9 Å². The molecule has 0 fully saturated rings. The maximum absolute atomic E-state index is 11.9. The number of nitriles is 2. The Hall–Kier alpha value is -6.32. The third-order valence-corrected chi connectivity index (χ3v) is 13.5. The van der Waals surface area contributed by atoms with Crippen molar-refractivity contribution in [3.05, 3.63) is 161 Å². The smallest absolute Gasteiger partial charge is 0.326 e. The average molecular weight is 1120 g/mol. The molecule has 6 aromatic rings. The molecular weight excluding hydrogens is 1080 g/mol. The predicted molar refractivity (Wildman–Crippen MR) is 265 cm³/mol. The molecule has 0 saturated carbocycles. The Labute approximate surface area is 429 Å². The molecule has 2 heterocycles. The molecule has 6 rings (SSSR count). The summed E-state index contributed by atoms with van der Waals surface area (Å²) in [6, 6.07) is 25.2. The normalized spacial score (nSPS) is 12.7. The molecule has 0 aliphatic rings. The molecule has 0 aliphatic heterocycles. The van der Waals surface area contributed by atoms with Crippen molar-refractivity contribution in [1.82, 2.24) is 20.6 Å². The van der Waals surface area contributed by atoms with Gasteiger partial charge in [-0.25, -0.2) is 0 Å². The minimum atomic E-state index is -1.65. The highest BCUT2D eigenvalue weighted by atomic mass is 79.9. The molecule has 2 atom stereocenters. The van der Waals surface area contributed by atoms with Crippen LogP contribution >= 0.6 is 55.1 Å². The van der Waals surface area contributed by atoms with Crippen molar-refractivity contribution in [3.8, 4) is 46.3 Å². The third-order valence-electron chi connectivity index (χ3n) is 11.0. The van der Waals surface area contributed by atoms with Crippen LogP contribution in [0.5, 0.6) is 23.0 Å². The monoisotopic (exact) mass is 1120 g/mol. The van der Waals surface area contributed by atoms with E-state index in [1.165, 1.54) is 26.2 Å². The van der Waals surface area contributed by atoms with Crippen molar-refractivity contribution in [3.63, 3.8) is 0 Å². The number of carboxylic acids is 2. The van der Waals surface area contributed by atoms with Crippen molar-refractivity contribution in [2.24, 2.45) is 0 Å². The number of aliphatic hydroxyl groups is 2. The van der Waals surface area contributed by atoms with E-state index in [0.29, 0.717) is 44.9 Å². The largest absolute Gasteiger partial charge is 0.488 e. The number of rotatable bonds is 23. The molecule has 2 aromatic heterocycles. The Kier molecular flexibility index (Phi) is 18.2. The van der Waals surface area contributed by atoms with E-state index in [0.717, 1.165) is 31.2 Å². The van der Waals surface area contributed by atoms with Crippen molar-refractivity contribution < 1.29 is 49.0 Å².